The van der Waals surface area contributed by atoms with Gasteiger partial charge in [0.1, 0.15) is 0 Å². The molecule has 0 saturated heterocycles. The second-order valence-corrected chi connectivity index (χ2v) is 6.96. The standard InChI is InChI=1S/C22H21N3O2/c1-13-15(3-2-4-19(13)25-20(26)10-7-14-5-6-14)16-8-9-18(22(23)27)21-17(16)11-12-24-21/h2-4,7-12,14,24H,5-6H2,1H3,(H2,23,27)(H,25,26). The summed E-state index contributed by atoms with van der Waals surface area (Å²) in [5, 5.41) is 3.89. The van der Waals surface area contributed by atoms with Gasteiger partial charge in [-0.3, -0.25) is 9.59 Å². The molecule has 0 aliphatic heterocycles. The Kier molecular flexibility index (Phi) is 4.28. The van der Waals surface area contributed by atoms with Gasteiger partial charge in [0.25, 0.3) is 5.91 Å². The van der Waals surface area contributed by atoms with Crippen LogP contribution in [0.5, 0.6) is 0 Å². The average molecular weight is 359 g/mol. The fourth-order valence-electron chi connectivity index (χ4n) is 3.35. The van der Waals surface area contributed by atoms with Gasteiger partial charge in [-0.15, -0.1) is 0 Å². The van der Waals surface area contributed by atoms with Crippen LogP contribution in [0.15, 0.2) is 54.7 Å². The summed E-state index contributed by atoms with van der Waals surface area (Å²) in [5.74, 6) is -0.0129. The lowest BCUT2D eigenvalue weighted by Gasteiger charge is -2.13. The summed E-state index contributed by atoms with van der Waals surface area (Å²) in [6.45, 7) is 1.98. The van der Waals surface area contributed by atoms with Crippen LogP contribution in [0.25, 0.3) is 22.0 Å². The number of hydrogen-bond acceptors (Lipinski definition) is 2. The molecule has 2 amide bonds. The number of allylic oxidation sites excluding steroid dienone is 1. The monoisotopic (exact) mass is 359 g/mol. The van der Waals surface area contributed by atoms with E-state index in [-0.39, 0.29) is 5.91 Å². The number of aromatic nitrogens is 1. The van der Waals surface area contributed by atoms with Crippen molar-refractivity contribution in [2.75, 3.05) is 5.32 Å². The summed E-state index contributed by atoms with van der Waals surface area (Å²) in [4.78, 5) is 26.9. The third-order valence-electron chi connectivity index (χ3n) is 5.01. The molecule has 0 bridgehead atoms. The van der Waals surface area contributed by atoms with Crippen molar-refractivity contribution < 1.29 is 9.59 Å². The van der Waals surface area contributed by atoms with E-state index in [4.69, 9.17) is 5.73 Å². The number of nitrogens with two attached hydrogens (primary N) is 1. The van der Waals surface area contributed by atoms with E-state index in [0.717, 1.165) is 33.3 Å². The molecule has 2 aromatic carbocycles. The van der Waals surface area contributed by atoms with E-state index in [2.05, 4.69) is 10.3 Å². The zero-order chi connectivity index (χ0) is 19.0. The van der Waals surface area contributed by atoms with E-state index in [9.17, 15) is 9.59 Å². The Morgan fingerprint density at radius 3 is 2.70 bits per heavy atom. The lowest BCUT2D eigenvalue weighted by atomic mass is 9.94. The Balaban J connectivity index is 1.71. The first-order valence-corrected chi connectivity index (χ1v) is 9.03. The second kappa shape index (κ2) is 6.76. The largest absolute Gasteiger partial charge is 0.366 e. The van der Waals surface area contributed by atoms with Crippen molar-refractivity contribution in [1.29, 1.82) is 0 Å². The van der Waals surface area contributed by atoms with Crippen LogP contribution in [0, 0.1) is 12.8 Å². The van der Waals surface area contributed by atoms with Gasteiger partial charge in [-0.2, -0.15) is 0 Å². The van der Waals surface area contributed by atoms with Gasteiger partial charge in [0.05, 0.1) is 11.1 Å². The van der Waals surface area contributed by atoms with E-state index < -0.39 is 5.91 Å². The van der Waals surface area contributed by atoms with Gasteiger partial charge in [-0.1, -0.05) is 24.3 Å². The summed E-state index contributed by atoms with van der Waals surface area (Å²) >= 11 is 0. The molecule has 27 heavy (non-hydrogen) atoms. The highest BCUT2D eigenvalue weighted by Gasteiger charge is 2.18. The molecule has 4 rings (SSSR count). The van der Waals surface area contributed by atoms with Crippen LogP contribution < -0.4 is 11.1 Å². The van der Waals surface area contributed by atoms with Crippen molar-refractivity contribution in [2.45, 2.75) is 19.8 Å². The van der Waals surface area contributed by atoms with Crippen LogP contribution in [0.1, 0.15) is 28.8 Å². The van der Waals surface area contributed by atoms with Crippen LogP contribution in [0.2, 0.25) is 0 Å². The lowest BCUT2D eigenvalue weighted by Crippen LogP contribution is -2.11. The number of hydrogen-bond donors (Lipinski definition) is 3. The normalized spacial score (nSPS) is 14.0. The number of aromatic amines is 1. The Hall–Kier alpha value is -3.34. The molecule has 1 aliphatic rings. The minimum absolute atomic E-state index is 0.113. The van der Waals surface area contributed by atoms with Crippen molar-refractivity contribution in [3.63, 3.8) is 0 Å². The predicted molar refractivity (Wildman–Crippen MR) is 107 cm³/mol. The summed E-state index contributed by atoms with van der Waals surface area (Å²) < 4.78 is 0. The van der Waals surface area contributed by atoms with Gasteiger partial charge in [-0.05, 0) is 66.6 Å². The zero-order valence-corrected chi connectivity index (χ0v) is 15.1. The van der Waals surface area contributed by atoms with Gasteiger partial charge >= 0.3 is 0 Å². The Morgan fingerprint density at radius 1 is 1.15 bits per heavy atom. The maximum Gasteiger partial charge on any atom is 0.250 e. The minimum atomic E-state index is -0.464. The van der Waals surface area contributed by atoms with Crippen LogP contribution in [0.3, 0.4) is 0 Å². The number of carbonyl (C=O) groups is 2. The quantitative estimate of drug-likeness (QED) is 0.598. The van der Waals surface area contributed by atoms with Crippen LogP contribution in [0.4, 0.5) is 5.69 Å². The number of H-pyrrole nitrogens is 1. The molecule has 0 unspecified atom stereocenters. The highest BCUT2D eigenvalue weighted by atomic mass is 16.1. The maximum atomic E-state index is 12.2. The molecule has 0 spiro atoms. The van der Waals surface area contributed by atoms with Crippen LogP contribution in [-0.2, 0) is 4.79 Å². The summed E-state index contributed by atoms with van der Waals surface area (Å²) in [5.41, 5.74) is 10.4. The third-order valence-corrected chi connectivity index (χ3v) is 5.01. The van der Waals surface area contributed by atoms with Gasteiger partial charge in [0.2, 0.25) is 5.91 Å². The molecule has 136 valence electrons. The number of rotatable bonds is 5. The number of primary amides is 1. The van der Waals surface area contributed by atoms with Gasteiger partial charge in [0.15, 0.2) is 0 Å². The summed E-state index contributed by atoms with van der Waals surface area (Å²) in [6.07, 6.45) is 7.74. The fourth-order valence-corrected chi connectivity index (χ4v) is 3.35. The van der Waals surface area contributed by atoms with E-state index in [1.165, 1.54) is 12.8 Å². The molecule has 1 fully saturated rings. The molecule has 1 aliphatic carbocycles. The first kappa shape index (κ1) is 17.1. The molecule has 5 nitrogen and oxygen atoms in total. The number of fused-ring (bicyclic) bond motifs is 1. The molecule has 3 aromatic rings. The van der Waals surface area contributed by atoms with Crippen LogP contribution >= 0.6 is 0 Å². The van der Waals surface area contributed by atoms with E-state index in [1.807, 2.05) is 43.3 Å². The van der Waals surface area contributed by atoms with E-state index >= 15 is 0 Å². The smallest absolute Gasteiger partial charge is 0.250 e. The Bertz CT molecular complexity index is 1070. The topological polar surface area (TPSA) is 88.0 Å². The van der Waals surface area contributed by atoms with E-state index in [1.54, 1.807) is 18.3 Å². The summed E-state index contributed by atoms with van der Waals surface area (Å²) in [6, 6.07) is 11.4. The molecular weight excluding hydrogens is 338 g/mol. The van der Waals surface area contributed by atoms with Crippen molar-refractivity contribution in [2.24, 2.45) is 11.7 Å². The lowest BCUT2D eigenvalue weighted by molar-refractivity contribution is -0.111. The van der Waals surface area contributed by atoms with Crippen molar-refractivity contribution >= 4 is 28.4 Å². The van der Waals surface area contributed by atoms with Gasteiger partial charge in [0, 0.05) is 17.3 Å². The highest BCUT2D eigenvalue weighted by molar-refractivity contribution is 6.09. The molecule has 1 heterocycles. The van der Waals surface area contributed by atoms with Crippen LogP contribution in [-0.4, -0.2) is 16.8 Å². The summed E-state index contributed by atoms with van der Waals surface area (Å²) in [7, 11) is 0. The molecule has 0 radical (unpaired) electrons. The van der Waals surface area contributed by atoms with Gasteiger partial charge in [-0.25, -0.2) is 0 Å². The first-order chi connectivity index (χ1) is 13.0. The zero-order valence-electron chi connectivity index (χ0n) is 15.1. The Labute approximate surface area is 157 Å². The SMILES string of the molecule is Cc1c(NC(=O)C=CC2CC2)cccc1-c1ccc(C(N)=O)c2[nH]ccc12. The number of amides is 2. The maximum absolute atomic E-state index is 12.2. The fraction of sp³-hybridized carbons (Fsp3) is 0.182. The number of benzene rings is 2. The molecule has 0 atom stereocenters. The Morgan fingerprint density at radius 2 is 1.96 bits per heavy atom. The number of carbonyl (C=O) groups excluding carboxylic acids is 2. The molecular formula is C22H21N3O2. The van der Waals surface area contributed by atoms with Crippen molar-refractivity contribution in [3.05, 3.63) is 65.9 Å². The molecule has 4 N–H and O–H groups in total. The predicted octanol–water partition coefficient (Wildman–Crippen LogP) is 4.15. The third kappa shape index (κ3) is 3.36. The van der Waals surface area contributed by atoms with Gasteiger partial charge < -0.3 is 16.0 Å². The number of nitrogens with one attached hydrogen (secondary N) is 2. The number of anilines is 1. The molecule has 1 saturated carbocycles. The second-order valence-electron chi connectivity index (χ2n) is 6.96. The first-order valence-electron chi connectivity index (χ1n) is 9.03. The highest BCUT2D eigenvalue weighted by Crippen LogP contribution is 2.35. The average Bonchev–Trinajstić information content (AvgIpc) is 3.35. The molecule has 5 heteroatoms. The van der Waals surface area contributed by atoms with Crippen molar-refractivity contribution in [1.82, 2.24) is 4.98 Å². The van der Waals surface area contributed by atoms with E-state index in [0.29, 0.717) is 11.5 Å². The minimum Gasteiger partial charge on any atom is -0.366 e. The van der Waals surface area contributed by atoms with Crippen molar-refractivity contribution in [3.8, 4) is 11.1 Å². The molecule has 1 aromatic heterocycles.